The molecule has 0 radical (unpaired) electrons. The van der Waals surface area contributed by atoms with Crippen molar-refractivity contribution in [2.45, 2.75) is 97.6 Å². The van der Waals surface area contributed by atoms with Crippen LogP contribution in [-0.4, -0.2) is 59.2 Å². The summed E-state index contributed by atoms with van der Waals surface area (Å²) in [5, 5.41) is 13.1. The number of ketones is 1. The van der Waals surface area contributed by atoms with E-state index in [2.05, 4.69) is 0 Å². The highest BCUT2D eigenvalue weighted by Crippen LogP contribution is 2.80. The van der Waals surface area contributed by atoms with E-state index in [1.54, 1.807) is 40.7 Å². The van der Waals surface area contributed by atoms with E-state index in [1.165, 1.54) is 25.7 Å². The highest BCUT2D eigenvalue weighted by Gasteiger charge is 2.91. The Labute approximate surface area is 267 Å². The van der Waals surface area contributed by atoms with Crippen molar-refractivity contribution in [3.05, 3.63) is 47.0 Å². The van der Waals surface area contributed by atoms with Crippen LogP contribution in [0, 0.1) is 34.0 Å². The third-order valence-corrected chi connectivity index (χ3v) is 11.8. The lowest BCUT2D eigenvalue weighted by molar-refractivity contribution is -0.260. The van der Waals surface area contributed by atoms with Crippen LogP contribution in [0.3, 0.4) is 0 Å². The number of Topliss-reactive ketones (excluding diaryl/α,β-unsaturated/α-hetero) is 1. The van der Waals surface area contributed by atoms with E-state index in [9.17, 15) is 24.3 Å². The monoisotopic (exact) mass is 638 g/mol. The number of carbonyl (C=O) groups is 5. The molecule has 0 unspecified atom stereocenters. The quantitative estimate of drug-likeness (QED) is 0.335. The Balaban J connectivity index is 1.66. The maximum atomic E-state index is 15.2. The van der Waals surface area contributed by atoms with Crippen LogP contribution in [-0.2, 0) is 42.9 Å². The lowest BCUT2D eigenvalue weighted by Gasteiger charge is -2.63. The van der Waals surface area contributed by atoms with Gasteiger partial charge in [-0.25, -0.2) is 4.79 Å². The Bertz CT molecular complexity index is 1600. The van der Waals surface area contributed by atoms with Crippen molar-refractivity contribution in [3.8, 4) is 0 Å². The summed E-state index contributed by atoms with van der Waals surface area (Å²) in [6.45, 7) is 12.1. The molecule has 2 bridgehead atoms. The van der Waals surface area contributed by atoms with Gasteiger partial charge in [-0.3, -0.25) is 19.2 Å². The van der Waals surface area contributed by atoms with Crippen LogP contribution < -0.4 is 0 Å². The van der Waals surface area contributed by atoms with Crippen molar-refractivity contribution in [3.63, 3.8) is 0 Å². The fourth-order valence-electron chi connectivity index (χ4n) is 9.53. The molecular weight excluding hydrogens is 596 g/mol. The topological polar surface area (TPSA) is 156 Å². The molecule has 0 aromatic carbocycles. The van der Waals surface area contributed by atoms with Crippen molar-refractivity contribution < 1.29 is 52.4 Å². The van der Waals surface area contributed by atoms with Gasteiger partial charge in [0.05, 0.1) is 31.5 Å². The number of furan rings is 1. The number of fused-ring (bicyclic) bond motifs is 4. The predicted molar refractivity (Wildman–Crippen MR) is 159 cm³/mol. The third kappa shape index (κ3) is 3.77. The summed E-state index contributed by atoms with van der Waals surface area (Å²) in [5.41, 5.74) is -6.10. The largest absolute Gasteiger partial charge is 0.472 e. The van der Waals surface area contributed by atoms with Gasteiger partial charge in [-0.2, -0.15) is 0 Å². The molecule has 2 fully saturated rings. The number of ether oxygens (including phenoxy) is 4. The van der Waals surface area contributed by atoms with Crippen LogP contribution in [0.15, 0.2) is 45.8 Å². The second kappa shape index (κ2) is 10.1. The first-order valence-corrected chi connectivity index (χ1v) is 15.9. The molecule has 46 heavy (non-hydrogen) atoms. The van der Waals surface area contributed by atoms with Crippen LogP contribution in [0.5, 0.6) is 0 Å². The first kappa shape index (κ1) is 32.2. The fraction of sp³-hybridized carbons (Fsp3) is 0.629. The summed E-state index contributed by atoms with van der Waals surface area (Å²) < 4.78 is 28.7. The van der Waals surface area contributed by atoms with E-state index in [4.69, 9.17) is 23.4 Å². The van der Waals surface area contributed by atoms with Gasteiger partial charge in [0.15, 0.2) is 5.60 Å². The van der Waals surface area contributed by atoms with E-state index >= 15 is 4.79 Å². The molecule has 2 saturated carbocycles. The minimum Gasteiger partial charge on any atom is -0.472 e. The average Bonchev–Trinajstić information content (AvgIpc) is 3.64. The van der Waals surface area contributed by atoms with Crippen molar-refractivity contribution in [1.29, 1.82) is 0 Å². The van der Waals surface area contributed by atoms with E-state index in [-0.39, 0.29) is 18.4 Å². The van der Waals surface area contributed by atoms with Crippen LogP contribution in [0.4, 0.5) is 0 Å². The highest BCUT2D eigenvalue weighted by molar-refractivity contribution is 6.12. The molecule has 1 aliphatic heterocycles. The first-order valence-electron chi connectivity index (χ1n) is 15.9. The molecule has 6 rings (SSSR count). The summed E-state index contributed by atoms with van der Waals surface area (Å²) in [6, 6.07) is 1.70. The minimum atomic E-state index is -2.54. The van der Waals surface area contributed by atoms with Crippen LogP contribution in [0.1, 0.15) is 85.8 Å². The number of hydrogen-bond acceptors (Lipinski definition) is 11. The van der Waals surface area contributed by atoms with Gasteiger partial charge in [0.1, 0.15) is 12.2 Å². The zero-order valence-electron chi connectivity index (χ0n) is 27.6. The molecule has 248 valence electrons. The molecule has 2 heterocycles. The van der Waals surface area contributed by atoms with Crippen molar-refractivity contribution >= 4 is 29.7 Å². The number of rotatable bonds is 7. The number of carbonyl (C=O) groups excluding carboxylic acids is 5. The molecule has 1 N–H and O–H groups in total. The smallest absolute Gasteiger partial charge is 0.331 e. The van der Waals surface area contributed by atoms with Gasteiger partial charge in [0, 0.05) is 46.3 Å². The standard InChI is InChI=1S/C35H42O11/c1-17(2)28(39)45-30-32(6)16-34(46-29(40)18(3)4)33(7,22(32)14-23(36)42-8)20-9-11-31(5)21(25(20)26(38)35(30,34)41)13-24(37)44-27(31)19-10-12-43-15-19/h10,12-13,15,17-18,22,27,30,41H,9,11,14,16H2,1-8H3/t22-,27+,30+,31-,32-,33-,34-,35-/m1/s1. The molecular formula is C35H42O11. The SMILES string of the molecule is COC(=O)C[C@@H]1[C@@]2(C)C[C@]3(OC(=O)C(C)C)[C@@](O)(C(=O)C4=C(CC[C@]5(C)C4=CC(=O)O[C@H]5c4ccoc4)[C@]13C)[C@H]2OC(=O)C(C)C. The summed E-state index contributed by atoms with van der Waals surface area (Å²) in [5.74, 6) is -5.20. The van der Waals surface area contributed by atoms with Crippen LogP contribution in [0.2, 0.25) is 0 Å². The highest BCUT2D eigenvalue weighted by atomic mass is 16.6. The molecule has 0 saturated heterocycles. The van der Waals surface area contributed by atoms with Crippen LogP contribution >= 0.6 is 0 Å². The minimum absolute atomic E-state index is 0.0400. The summed E-state index contributed by atoms with van der Waals surface area (Å²) in [7, 11) is 1.27. The van der Waals surface area contributed by atoms with Crippen molar-refractivity contribution in [1.82, 2.24) is 0 Å². The van der Waals surface area contributed by atoms with Crippen LogP contribution in [0.25, 0.3) is 0 Å². The number of cyclic esters (lactones) is 1. The Hall–Kier alpha value is -3.73. The van der Waals surface area contributed by atoms with Crippen molar-refractivity contribution in [2.24, 2.45) is 34.0 Å². The van der Waals surface area contributed by atoms with Gasteiger partial charge < -0.3 is 28.5 Å². The fourth-order valence-corrected chi connectivity index (χ4v) is 9.53. The molecule has 1 aromatic heterocycles. The van der Waals surface area contributed by atoms with Crippen molar-refractivity contribution in [2.75, 3.05) is 7.11 Å². The van der Waals surface area contributed by atoms with Gasteiger partial charge in [-0.1, -0.05) is 48.5 Å². The summed E-state index contributed by atoms with van der Waals surface area (Å²) >= 11 is 0. The molecule has 0 spiro atoms. The second-order valence-corrected chi connectivity index (χ2v) is 14.9. The normalized spacial score (nSPS) is 39.1. The van der Waals surface area contributed by atoms with Gasteiger partial charge in [-0.05, 0) is 36.0 Å². The number of esters is 4. The Morgan fingerprint density at radius 1 is 1.07 bits per heavy atom. The molecule has 8 atom stereocenters. The average molecular weight is 639 g/mol. The third-order valence-electron chi connectivity index (χ3n) is 11.8. The van der Waals surface area contributed by atoms with Gasteiger partial charge in [-0.15, -0.1) is 0 Å². The maximum Gasteiger partial charge on any atom is 0.331 e. The molecule has 5 aliphatic rings. The van der Waals surface area contributed by atoms with Gasteiger partial charge >= 0.3 is 23.9 Å². The summed E-state index contributed by atoms with van der Waals surface area (Å²) in [4.78, 5) is 68.3. The number of methoxy groups -OCH3 is 1. The maximum absolute atomic E-state index is 15.2. The van der Waals surface area contributed by atoms with E-state index in [0.717, 1.165) is 0 Å². The van der Waals surface area contributed by atoms with E-state index in [1.807, 2.05) is 13.8 Å². The lowest BCUT2D eigenvalue weighted by atomic mass is 9.43. The Kier molecular flexibility index (Phi) is 7.10. The summed E-state index contributed by atoms with van der Waals surface area (Å²) in [6.07, 6.45) is 2.55. The molecule has 4 aliphatic carbocycles. The van der Waals surface area contributed by atoms with E-state index in [0.29, 0.717) is 29.6 Å². The lowest BCUT2D eigenvalue weighted by Crippen LogP contribution is -2.77. The zero-order chi connectivity index (χ0) is 33.8. The zero-order valence-corrected chi connectivity index (χ0v) is 27.6. The molecule has 1 aromatic rings. The second-order valence-electron chi connectivity index (χ2n) is 14.9. The number of aliphatic hydroxyl groups is 1. The Morgan fingerprint density at radius 3 is 2.33 bits per heavy atom. The van der Waals surface area contributed by atoms with Gasteiger partial charge in [0.25, 0.3) is 0 Å². The molecule has 0 amide bonds. The Morgan fingerprint density at radius 2 is 1.74 bits per heavy atom. The predicted octanol–water partition coefficient (Wildman–Crippen LogP) is 4.33. The molecule has 11 nitrogen and oxygen atoms in total. The van der Waals surface area contributed by atoms with Gasteiger partial charge in [0.2, 0.25) is 11.4 Å². The molecule has 11 heteroatoms. The van der Waals surface area contributed by atoms with E-state index < -0.39 is 87.1 Å². The number of hydrogen-bond donors (Lipinski definition) is 1. The first-order chi connectivity index (χ1) is 21.4.